The van der Waals surface area contributed by atoms with Crippen LogP contribution in [0.1, 0.15) is 12.6 Å². The average molecular weight is 264 g/mol. The number of aromatic nitrogens is 3. The van der Waals surface area contributed by atoms with Crippen molar-refractivity contribution in [1.29, 1.82) is 0 Å². The highest BCUT2D eigenvalue weighted by Gasteiger charge is 2.09. The molecule has 0 unspecified atom stereocenters. The molecule has 0 spiro atoms. The summed E-state index contributed by atoms with van der Waals surface area (Å²) < 4.78 is 0. The van der Waals surface area contributed by atoms with Crippen LogP contribution in [0.3, 0.4) is 0 Å². The lowest BCUT2D eigenvalue weighted by Gasteiger charge is -2.21. The second-order valence-corrected chi connectivity index (χ2v) is 4.13. The van der Waals surface area contributed by atoms with Crippen molar-refractivity contribution < 1.29 is 0 Å². The van der Waals surface area contributed by atoms with Gasteiger partial charge < -0.3 is 10.6 Å². The van der Waals surface area contributed by atoms with E-state index in [9.17, 15) is 0 Å². The molecule has 0 radical (unpaired) electrons. The number of hydrogen-bond acceptors (Lipinski definition) is 5. The molecule has 18 heavy (non-hydrogen) atoms. The van der Waals surface area contributed by atoms with Crippen molar-refractivity contribution in [2.45, 2.75) is 13.5 Å². The smallest absolute Gasteiger partial charge is 0.223 e. The summed E-state index contributed by atoms with van der Waals surface area (Å²) in [7, 11) is 0. The van der Waals surface area contributed by atoms with E-state index in [0.717, 1.165) is 12.2 Å². The Balaban J connectivity index is 2.23. The summed E-state index contributed by atoms with van der Waals surface area (Å²) in [4.78, 5) is 14.4. The molecule has 0 aromatic carbocycles. The van der Waals surface area contributed by atoms with Crippen LogP contribution < -0.4 is 10.6 Å². The molecule has 0 aliphatic heterocycles. The van der Waals surface area contributed by atoms with E-state index < -0.39 is 0 Å². The lowest BCUT2D eigenvalue weighted by atomic mass is 10.3. The Morgan fingerprint density at radius 2 is 2.17 bits per heavy atom. The Morgan fingerprint density at radius 3 is 2.78 bits per heavy atom. The van der Waals surface area contributed by atoms with Crippen molar-refractivity contribution in [3.05, 3.63) is 41.3 Å². The molecule has 0 atom stereocenters. The van der Waals surface area contributed by atoms with Crippen molar-refractivity contribution >= 4 is 23.4 Å². The molecule has 0 aliphatic carbocycles. The van der Waals surface area contributed by atoms with Crippen LogP contribution in [-0.4, -0.2) is 21.5 Å². The lowest BCUT2D eigenvalue weighted by molar-refractivity contribution is 0.792. The predicted octanol–water partition coefficient (Wildman–Crippen LogP) is 2.13. The van der Waals surface area contributed by atoms with Crippen LogP contribution in [0.4, 0.5) is 11.8 Å². The molecule has 2 rings (SSSR count). The van der Waals surface area contributed by atoms with Gasteiger partial charge in [-0.2, -0.15) is 4.98 Å². The first-order valence-corrected chi connectivity index (χ1v) is 6.01. The van der Waals surface area contributed by atoms with Crippen molar-refractivity contribution in [1.82, 2.24) is 15.0 Å². The third-order valence-electron chi connectivity index (χ3n) is 2.48. The third kappa shape index (κ3) is 3.07. The van der Waals surface area contributed by atoms with E-state index in [0.29, 0.717) is 17.5 Å². The number of nitrogens with two attached hydrogens (primary N) is 1. The van der Waals surface area contributed by atoms with Gasteiger partial charge in [-0.05, 0) is 19.1 Å². The molecule has 2 heterocycles. The number of nitrogens with zero attached hydrogens (tertiary/aromatic N) is 4. The first kappa shape index (κ1) is 12.6. The van der Waals surface area contributed by atoms with Gasteiger partial charge >= 0.3 is 0 Å². The van der Waals surface area contributed by atoms with Gasteiger partial charge in [0.1, 0.15) is 11.0 Å². The summed E-state index contributed by atoms with van der Waals surface area (Å²) in [6.07, 6.45) is 1.77. The Bertz CT molecular complexity index is 497. The first-order chi connectivity index (χ1) is 8.69. The zero-order valence-electron chi connectivity index (χ0n) is 10.0. The van der Waals surface area contributed by atoms with E-state index in [1.165, 1.54) is 0 Å². The Hall–Kier alpha value is -1.88. The van der Waals surface area contributed by atoms with Gasteiger partial charge in [0.05, 0.1) is 12.2 Å². The Labute approximate surface area is 111 Å². The normalized spacial score (nSPS) is 10.3. The molecule has 2 aromatic heterocycles. The Kier molecular flexibility index (Phi) is 3.94. The maximum absolute atomic E-state index is 5.88. The molecule has 0 saturated carbocycles. The van der Waals surface area contributed by atoms with Crippen LogP contribution in [0.5, 0.6) is 0 Å². The molecule has 2 aromatic rings. The van der Waals surface area contributed by atoms with E-state index in [1.54, 1.807) is 12.3 Å². The minimum atomic E-state index is 0.178. The van der Waals surface area contributed by atoms with Gasteiger partial charge in [0.2, 0.25) is 5.95 Å². The highest BCUT2D eigenvalue weighted by molar-refractivity contribution is 6.29. The molecular formula is C12H14ClN5. The molecule has 2 N–H and O–H groups in total. The monoisotopic (exact) mass is 263 g/mol. The number of pyridine rings is 1. The van der Waals surface area contributed by atoms with Crippen molar-refractivity contribution in [2.24, 2.45) is 0 Å². The van der Waals surface area contributed by atoms with Crippen LogP contribution in [0.15, 0.2) is 30.5 Å². The zero-order chi connectivity index (χ0) is 13.0. The van der Waals surface area contributed by atoms with E-state index in [-0.39, 0.29) is 5.95 Å². The summed E-state index contributed by atoms with van der Waals surface area (Å²) >= 11 is 5.88. The number of halogens is 1. The van der Waals surface area contributed by atoms with E-state index in [1.807, 2.05) is 30.0 Å². The van der Waals surface area contributed by atoms with Crippen LogP contribution in [-0.2, 0) is 6.54 Å². The molecule has 94 valence electrons. The second-order valence-electron chi connectivity index (χ2n) is 3.74. The number of hydrogen-bond donors (Lipinski definition) is 1. The zero-order valence-corrected chi connectivity index (χ0v) is 10.8. The first-order valence-electron chi connectivity index (χ1n) is 5.64. The molecule has 0 fully saturated rings. The summed E-state index contributed by atoms with van der Waals surface area (Å²) in [6, 6.07) is 7.51. The third-order valence-corrected chi connectivity index (χ3v) is 2.68. The molecule has 0 amide bonds. The quantitative estimate of drug-likeness (QED) is 0.856. The van der Waals surface area contributed by atoms with Gasteiger partial charge in [-0.1, -0.05) is 17.7 Å². The molecule has 6 heteroatoms. The number of rotatable bonds is 4. The van der Waals surface area contributed by atoms with E-state index in [4.69, 9.17) is 17.3 Å². The van der Waals surface area contributed by atoms with Gasteiger partial charge in [0, 0.05) is 18.8 Å². The fourth-order valence-corrected chi connectivity index (χ4v) is 1.81. The van der Waals surface area contributed by atoms with Crippen molar-refractivity contribution in [3.8, 4) is 0 Å². The largest absolute Gasteiger partial charge is 0.368 e. The number of nitrogen functional groups attached to an aromatic ring is 1. The molecule has 0 saturated heterocycles. The Morgan fingerprint density at radius 1 is 1.33 bits per heavy atom. The minimum Gasteiger partial charge on any atom is -0.368 e. The average Bonchev–Trinajstić information content (AvgIpc) is 2.36. The van der Waals surface area contributed by atoms with Gasteiger partial charge in [-0.3, -0.25) is 4.98 Å². The van der Waals surface area contributed by atoms with Crippen molar-refractivity contribution in [2.75, 3.05) is 17.2 Å². The summed E-state index contributed by atoms with van der Waals surface area (Å²) in [5, 5.41) is 0.344. The van der Waals surface area contributed by atoms with Gasteiger partial charge in [0.25, 0.3) is 0 Å². The van der Waals surface area contributed by atoms with Gasteiger partial charge in [-0.25, -0.2) is 4.98 Å². The minimum absolute atomic E-state index is 0.178. The highest BCUT2D eigenvalue weighted by atomic mass is 35.5. The summed E-state index contributed by atoms with van der Waals surface area (Å²) in [5.74, 6) is 0.887. The SMILES string of the molecule is CCN(Cc1ccccn1)c1cc(Cl)nc(N)n1. The van der Waals surface area contributed by atoms with Crippen LogP contribution in [0.2, 0.25) is 5.15 Å². The molecule has 5 nitrogen and oxygen atoms in total. The van der Waals surface area contributed by atoms with Crippen LogP contribution in [0.25, 0.3) is 0 Å². The summed E-state index contributed by atoms with van der Waals surface area (Å²) in [6.45, 7) is 3.47. The van der Waals surface area contributed by atoms with E-state index in [2.05, 4.69) is 15.0 Å². The fraction of sp³-hybridized carbons (Fsp3) is 0.250. The topological polar surface area (TPSA) is 67.9 Å². The summed E-state index contributed by atoms with van der Waals surface area (Å²) in [5.41, 5.74) is 6.56. The lowest BCUT2D eigenvalue weighted by Crippen LogP contribution is -2.24. The van der Waals surface area contributed by atoms with Crippen LogP contribution >= 0.6 is 11.6 Å². The fourth-order valence-electron chi connectivity index (χ4n) is 1.63. The number of anilines is 2. The highest BCUT2D eigenvalue weighted by Crippen LogP contribution is 2.18. The molecule has 0 bridgehead atoms. The predicted molar refractivity (Wildman–Crippen MR) is 72.4 cm³/mol. The van der Waals surface area contributed by atoms with Gasteiger partial charge in [0.15, 0.2) is 0 Å². The van der Waals surface area contributed by atoms with Crippen LogP contribution in [0, 0.1) is 0 Å². The second kappa shape index (κ2) is 5.64. The van der Waals surface area contributed by atoms with Crippen molar-refractivity contribution in [3.63, 3.8) is 0 Å². The standard InChI is InChI=1S/C12H14ClN5/c1-2-18(8-9-5-3-4-6-15-9)11-7-10(13)16-12(14)17-11/h3-7H,2,8H2,1H3,(H2,14,16,17). The molecule has 0 aliphatic rings. The maximum atomic E-state index is 5.88. The molecular weight excluding hydrogens is 250 g/mol. The van der Waals surface area contributed by atoms with E-state index >= 15 is 0 Å². The maximum Gasteiger partial charge on any atom is 0.223 e. The van der Waals surface area contributed by atoms with Gasteiger partial charge in [-0.15, -0.1) is 0 Å².